The maximum absolute atomic E-state index is 2.58. The van der Waals surface area contributed by atoms with Crippen LogP contribution < -0.4 is 0 Å². The highest BCUT2D eigenvalue weighted by Gasteiger charge is 2.59. The monoisotopic (exact) mass is 240 g/mol. The van der Waals surface area contributed by atoms with E-state index in [2.05, 4.69) is 12.2 Å². The van der Waals surface area contributed by atoms with E-state index in [0.29, 0.717) is 0 Å². The Morgan fingerprint density at radius 2 is 1.61 bits per heavy atom. The van der Waals surface area contributed by atoms with Crippen LogP contribution in [0.15, 0.2) is 23.3 Å². The van der Waals surface area contributed by atoms with Crippen molar-refractivity contribution < 1.29 is 0 Å². The van der Waals surface area contributed by atoms with Gasteiger partial charge in [0.1, 0.15) is 0 Å². The summed E-state index contributed by atoms with van der Waals surface area (Å²) in [4.78, 5) is 0. The van der Waals surface area contributed by atoms with Crippen molar-refractivity contribution in [3.63, 3.8) is 0 Å². The predicted molar refractivity (Wildman–Crippen MR) is 74.0 cm³/mol. The number of fused-ring (bicyclic) bond motifs is 9. The summed E-state index contributed by atoms with van der Waals surface area (Å²) in [6.07, 6.45) is 17.1. The minimum atomic E-state index is 0.981. The molecule has 5 aliphatic rings. The largest absolute Gasteiger partial charge is 0.0848 e. The van der Waals surface area contributed by atoms with E-state index < -0.39 is 0 Å². The highest BCUT2D eigenvalue weighted by molar-refractivity contribution is 5.32. The van der Waals surface area contributed by atoms with Gasteiger partial charge in [-0.05, 0) is 80.5 Å². The number of rotatable bonds is 0. The van der Waals surface area contributed by atoms with Crippen LogP contribution in [0.1, 0.15) is 51.4 Å². The van der Waals surface area contributed by atoms with Crippen molar-refractivity contribution in [1.29, 1.82) is 0 Å². The van der Waals surface area contributed by atoms with Crippen LogP contribution in [0.25, 0.3) is 0 Å². The molecule has 0 N–H and O–H groups in total. The van der Waals surface area contributed by atoms with Crippen molar-refractivity contribution in [1.82, 2.24) is 0 Å². The maximum atomic E-state index is 2.58. The molecule has 0 heteroatoms. The van der Waals surface area contributed by atoms with Crippen LogP contribution in [0.2, 0.25) is 0 Å². The molecule has 4 bridgehead atoms. The van der Waals surface area contributed by atoms with E-state index in [1.807, 2.05) is 11.1 Å². The van der Waals surface area contributed by atoms with Crippen molar-refractivity contribution in [2.75, 3.05) is 0 Å². The molecule has 0 aliphatic heterocycles. The van der Waals surface area contributed by atoms with Crippen LogP contribution in [-0.2, 0) is 0 Å². The zero-order valence-electron chi connectivity index (χ0n) is 11.3. The normalized spacial score (nSPS) is 52.4. The molecule has 0 nitrogen and oxygen atoms in total. The molecule has 0 aromatic heterocycles. The molecule has 0 aromatic rings. The summed E-state index contributed by atoms with van der Waals surface area (Å²) in [7, 11) is 0. The first-order valence-electron chi connectivity index (χ1n) is 8.31. The quantitative estimate of drug-likeness (QED) is 0.424. The number of hydrogen-bond donors (Lipinski definition) is 0. The maximum Gasteiger partial charge on any atom is -0.0161 e. The van der Waals surface area contributed by atoms with E-state index in [0.717, 1.165) is 35.5 Å². The Morgan fingerprint density at radius 3 is 2.44 bits per heavy atom. The summed E-state index contributed by atoms with van der Waals surface area (Å²) in [5.41, 5.74) is 3.92. The fourth-order valence-electron chi connectivity index (χ4n) is 6.50. The van der Waals surface area contributed by atoms with Crippen molar-refractivity contribution >= 4 is 0 Å². The van der Waals surface area contributed by atoms with Gasteiger partial charge in [-0.15, -0.1) is 0 Å². The molecule has 5 rings (SSSR count). The van der Waals surface area contributed by atoms with Crippen molar-refractivity contribution in [2.24, 2.45) is 35.5 Å². The lowest BCUT2D eigenvalue weighted by Gasteiger charge is -2.35. The standard InChI is InChI=1S/C18H24/c1-2-4-11(5-3-1)15-9-14-10-16(15)18-13-7-6-12(8-13)17(14)18/h6-7,12-14,16-18H,1-5,8-10H2. The molecule has 0 aromatic carbocycles. The minimum absolute atomic E-state index is 0.981. The molecular weight excluding hydrogens is 216 g/mol. The Bertz CT molecular complexity index is 433. The van der Waals surface area contributed by atoms with Gasteiger partial charge in [-0.25, -0.2) is 0 Å². The van der Waals surface area contributed by atoms with Crippen LogP contribution >= 0.6 is 0 Å². The molecule has 6 unspecified atom stereocenters. The van der Waals surface area contributed by atoms with Crippen LogP contribution in [0.4, 0.5) is 0 Å². The van der Waals surface area contributed by atoms with Gasteiger partial charge in [0.2, 0.25) is 0 Å². The Hall–Kier alpha value is -0.520. The van der Waals surface area contributed by atoms with Gasteiger partial charge in [0.25, 0.3) is 0 Å². The van der Waals surface area contributed by atoms with Crippen molar-refractivity contribution in [3.05, 3.63) is 23.3 Å². The fourth-order valence-corrected chi connectivity index (χ4v) is 6.50. The molecule has 5 aliphatic carbocycles. The summed E-state index contributed by atoms with van der Waals surface area (Å²) in [6, 6.07) is 0. The second kappa shape index (κ2) is 3.52. The Morgan fingerprint density at radius 1 is 0.833 bits per heavy atom. The minimum Gasteiger partial charge on any atom is -0.0848 e. The van der Waals surface area contributed by atoms with Crippen LogP contribution in [0.5, 0.6) is 0 Å². The third-order valence-corrected chi connectivity index (χ3v) is 6.99. The Labute approximate surface area is 111 Å². The lowest BCUT2D eigenvalue weighted by Crippen LogP contribution is -2.27. The van der Waals surface area contributed by atoms with Gasteiger partial charge in [-0.3, -0.25) is 0 Å². The second-order valence-corrected chi connectivity index (χ2v) is 7.60. The lowest BCUT2D eigenvalue weighted by atomic mass is 9.70. The molecule has 4 saturated carbocycles. The topological polar surface area (TPSA) is 0 Å². The smallest absolute Gasteiger partial charge is 0.0161 e. The Balaban J connectivity index is 1.51. The SMILES string of the molecule is C1=CC2CC1C1C3CC(=C4CCCCC4)C(C3)C21. The van der Waals surface area contributed by atoms with E-state index in [-0.39, 0.29) is 0 Å². The molecule has 0 saturated heterocycles. The summed E-state index contributed by atoms with van der Waals surface area (Å²) in [5.74, 6) is 6.29. The molecule has 0 amide bonds. The van der Waals surface area contributed by atoms with E-state index in [9.17, 15) is 0 Å². The van der Waals surface area contributed by atoms with Crippen LogP contribution in [-0.4, -0.2) is 0 Å². The van der Waals surface area contributed by atoms with E-state index in [4.69, 9.17) is 0 Å². The average molecular weight is 240 g/mol. The summed E-state index contributed by atoms with van der Waals surface area (Å²) >= 11 is 0. The highest BCUT2D eigenvalue weighted by atomic mass is 14.6. The highest BCUT2D eigenvalue weighted by Crippen LogP contribution is 2.67. The summed E-state index contributed by atoms with van der Waals surface area (Å²) in [6.45, 7) is 0. The zero-order valence-corrected chi connectivity index (χ0v) is 11.3. The van der Waals surface area contributed by atoms with E-state index >= 15 is 0 Å². The van der Waals surface area contributed by atoms with Gasteiger partial charge in [-0.2, -0.15) is 0 Å². The van der Waals surface area contributed by atoms with Gasteiger partial charge in [0.05, 0.1) is 0 Å². The third kappa shape index (κ3) is 1.18. The van der Waals surface area contributed by atoms with Gasteiger partial charge >= 0.3 is 0 Å². The first-order valence-corrected chi connectivity index (χ1v) is 8.31. The van der Waals surface area contributed by atoms with E-state index in [1.165, 1.54) is 44.9 Å². The molecule has 18 heavy (non-hydrogen) atoms. The second-order valence-electron chi connectivity index (χ2n) is 7.60. The van der Waals surface area contributed by atoms with Crippen molar-refractivity contribution in [3.8, 4) is 0 Å². The lowest BCUT2D eigenvalue weighted by molar-refractivity contribution is 0.240. The molecule has 4 fully saturated rings. The van der Waals surface area contributed by atoms with Crippen LogP contribution in [0, 0.1) is 35.5 Å². The molecule has 0 heterocycles. The molecule has 96 valence electrons. The number of hydrogen-bond acceptors (Lipinski definition) is 0. The Kier molecular flexibility index (Phi) is 2.01. The fraction of sp³-hybridized carbons (Fsp3) is 0.778. The third-order valence-electron chi connectivity index (χ3n) is 6.99. The molecule has 0 radical (unpaired) electrons. The van der Waals surface area contributed by atoms with Crippen LogP contribution in [0.3, 0.4) is 0 Å². The van der Waals surface area contributed by atoms with Gasteiger partial charge in [0, 0.05) is 0 Å². The number of allylic oxidation sites excluding steroid dienone is 4. The summed E-state index contributed by atoms with van der Waals surface area (Å²) < 4.78 is 0. The van der Waals surface area contributed by atoms with Gasteiger partial charge < -0.3 is 0 Å². The van der Waals surface area contributed by atoms with Gasteiger partial charge in [0.15, 0.2) is 0 Å². The van der Waals surface area contributed by atoms with E-state index in [1.54, 1.807) is 6.42 Å². The first-order chi connectivity index (χ1) is 8.92. The van der Waals surface area contributed by atoms with Crippen molar-refractivity contribution in [2.45, 2.75) is 51.4 Å². The summed E-state index contributed by atoms with van der Waals surface area (Å²) in [5, 5.41) is 0. The predicted octanol–water partition coefficient (Wildman–Crippen LogP) is 4.73. The zero-order chi connectivity index (χ0) is 11.7. The molecule has 6 atom stereocenters. The molecular formula is C18H24. The molecule has 0 spiro atoms. The average Bonchev–Trinajstić information content (AvgIpc) is 3.17. The van der Waals surface area contributed by atoms with Gasteiger partial charge in [-0.1, -0.05) is 29.7 Å². The first kappa shape index (κ1) is 10.3.